The SMILES string of the molecule is CCOC1C(Cl)CC1OCC1CCOCC1. The number of halogens is 1. The normalized spacial score (nSPS) is 36.0. The van der Waals surface area contributed by atoms with Crippen molar-refractivity contribution in [2.45, 2.75) is 43.8 Å². The molecule has 0 aromatic carbocycles. The van der Waals surface area contributed by atoms with Crippen LogP contribution in [0.25, 0.3) is 0 Å². The Balaban J connectivity index is 1.65. The third-order valence-electron chi connectivity index (χ3n) is 3.43. The number of ether oxygens (including phenoxy) is 3. The maximum Gasteiger partial charge on any atom is 0.100 e. The van der Waals surface area contributed by atoms with Gasteiger partial charge < -0.3 is 14.2 Å². The summed E-state index contributed by atoms with van der Waals surface area (Å²) in [6.07, 6.45) is 3.49. The van der Waals surface area contributed by atoms with Crippen LogP contribution in [0.15, 0.2) is 0 Å². The van der Waals surface area contributed by atoms with Crippen LogP contribution in [0.2, 0.25) is 0 Å². The second-order valence-electron chi connectivity index (χ2n) is 4.60. The molecule has 2 rings (SSSR count). The van der Waals surface area contributed by atoms with E-state index in [9.17, 15) is 0 Å². The minimum absolute atomic E-state index is 0.103. The largest absolute Gasteiger partial charge is 0.381 e. The highest BCUT2D eigenvalue weighted by molar-refractivity contribution is 6.21. The molecule has 1 aliphatic heterocycles. The molecule has 3 atom stereocenters. The van der Waals surface area contributed by atoms with Gasteiger partial charge >= 0.3 is 0 Å². The summed E-state index contributed by atoms with van der Waals surface area (Å²) in [5.41, 5.74) is 0. The van der Waals surface area contributed by atoms with Crippen molar-refractivity contribution < 1.29 is 14.2 Å². The fraction of sp³-hybridized carbons (Fsp3) is 1.00. The van der Waals surface area contributed by atoms with E-state index in [1.165, 1.54) is 0 Å². The van der Waals surface area contributed by atoms with Gasteiger partial charge in [-0.05, 0) is 32.1 Å². The molecule has 0 bridgehead atoms. The molecular weight excluding hydrogens is 228 g/mol. The van der Waals surface area contributed by atoms with Crippen LogP contribution in [0.4, 0.5) is 0 Å². The summed E-state index contributed by atoms with van der Waals surface area (Å²) in [6.45, 7) is 5.31. The summed E-state index contributed by atoms with van der Waals surface area (Å²) < 4.78 is 16.8. The quantitative estimate of drug-likeness (QED) is 0.699. The topological polar surface area (TPSA) is 27.7 Å². The van der Waals surface area contributed by atoms with Crippen LogP contribution in [-0.4, -0.2) is 44.0 Å². The van der Waals surface area contributed by atoms with Crippen molar-refractivity contribution in [1.82, 2.24) is 0 Å². The molecule has 16 heavy (non-hydrogen) atoms. The first-order valence-corrected chi connectivity index (χ1v) is 6.70. The van der Waals surface area contributed by atoms with Gasteiger partial charge in [0.1, 0.15) is 6.10 Å². The van der Waals surface area contributed by atoms with Crippen LogP contribution >= 0.6 is 11.6 Å². The van der Waals surface area contributed by atoms with Gasteiger partial charge in [0.25, 0.3) is 0 Å². The maximum atomic E-state index is 6.09. The van der Waals surface area contributed by atoms with Crippen LogP contribution in [0, 0.1) is 5.92 Å². The van der Waals surface area contributed by atoms with Crippen LogP contribution in [0.5, 0.6) is 0 Å². The third-order valence-corrected chi connectivity index (χ3v) is 3.85. The first-order chi connectivity index (χ1) is 7.81. The molecule has 0 aromatic heterocycles. The van der Waals surface area contributed by atoms with Gasteiger partial charge in [0, 0.05) is 19.8 Å². The Morgan fingerprint density at radius 2 is 2.00 bits per heavy atom. The highest BCUT2D eigenvalue weighted by Crippen LogP contribution is 2.32. The van der Waals surface area contributed by atoms with Gasteiger partial charge in [0.2, 0.25) is 0 Å². The molecule has 0 amide bonds. The first-order valence-electron chi connectivity index (χ1n) is 6.26. The third kappa shape index (κ3) is 3.10. The minimum atomic E-state index is 0.103. The first kappa shape index (κ1) is 12.6. The number of hydrogen-bond donors (Lipinski definition) is 0. The molecule has 1 saturated carbocycles. The molecule has 0 N–H and O–H groups in total. The fourth-order valence-electron chi connectivity index (χ4n) is 2.27. The van der Waals surface area contributed by atoms with E-state index in [1.54, 1.807) is 0 Å². The van der Waals surface area contributed by atoms with Gasteiger partial charge in [-0.25, -0.2) is 0 Å². The van der Waals surface area contributed by atoms with E-state index in [4.69, 9.17) is 25.8 Å². The Labute approximate surface area is 102 Å². The van der Waals surface area contributed by atoms with Gasteiger partial charge in [-0.2, -0.15) is 0 Å². The number of alkyl halides is 1. The van der Waals surface area contributed by atoms with Crippen molar-refractivity contribution in [3.8, 4) is 0 Å². The van der Waals surface area contributed by atoms with Crippen LogP contribution in [0.3, 0.4) is 0 Å². The molecule has 2 aliphatic rings. The summed E-state index contributed by atoms with van der Waals surface area (Å²) in [4.78, 5) is 0. The molecule has 3 unspecified atom stereocenters. The van der Waals surface area contributed by atoms with Crippen molar-refractivity contribution in [1.29, 1.82) is 0 Å². The molecule has 0 spiro atoms. The van der Waals surface area contributed by atoms with E-state index in [0.29, 0.717) is 12.5 Å². The highest BCUT2D eigenvalue weighted by atomic mass is 35.5. The summed E-state index contributed by atoms with van der Waals surface area (Å²) in [5, 5.41) is 0.139. The molecule has 3 nitrogen and oxygen atoms in total. The monoisotopic (exact) mass is 248 g/mol. The molecular formula is C12H21ClO3. The zero-order chi connectivity index (χ0) is 11.4. The number of hydrogen-bond acceptors (Lipinski definition) is 3. The van der Waals surface area contributed by atoms with Gasteiger partial charge in [0.05, 0.1) is 18.1 Å². The van der Waals surface area contributed by atoms with Gasteiger partial charge in [-0.1, -0.05) is 0 Å². The summed E-state index contributed by atoms with van der Waals surface area (Å²) in [6, 6.07) is 0. The Morgan fingerprint density at radius 1 is 1.25 bits per heavy atom. The highest BCUT2D eigenvalue weighted by Gasteiger charge is 2.41. The zero-order valence-electron chi connectivity index (χ0n) is 9.86. The summed E-state index contributed by atoms with van der Waals surface area (Å²) >= 11 is 6.09. The smallest absolute Gasteiger partial charge is 0.100 e. The van der Waals surface area contributed by atoms with E-state index in [-0.39, 0.29) is 17.6 Å². The second-order valence-corrected chi connectivity index (χ2v) is 5.16. The molecule has 94 valence electrons. The van der Waals surface area contributed by atoms with E-state index in [2.05, 4.69) is 0 Å². The lowest BCUT2D eigenvalue weighted by Gasteiger charge is -2.41. The van der Waals surface area contributed by atoms with E-state index in [0.717, 1.165) is 39.1 Å². The van der Waals surface area contributed by atoms with Gasteiger partial charge in [-0.3, -0.25) is 0 Å². The predicted octanol–water partition coefficient (Wildman–Crippen LogP) is 2.21. The van der Waals surface area contributed by atoms with Crippen LogP contribution in [0.1, 0.15) is 26.2 Å². The lowest BCUT2D eigenvalue weighted by Crippen LogP contribution is -2.51. The number of rotatable bonds is 5. The molecule has 4 heteroatoms. The van der Waals surface area contributed by atoms with E-state index >= 15 is 0 Å². The van der Waals surface area contributed by atoms with Crippen molar-refractivity contribution in [3.63, 3.8) is 0 Å². The molecule has 0 aromatic rings. The van der Waals surface area contributed by atoms with E-state index < -0.39 is 0 Å². The molecule has 1 heterocycles. The predicted molar refractivity (Wildman–Crippen MR) is 63.0 cm³/mol. The standard InChI is InChI=1S/C12H21ClO3/c1-2-15-12-10(13)7-11(12)16-8-9-3-5-14-6-4-9/h9-12H,2-8H2,1H3. The lowest BCUT2D eigenvalue weighted by atomic mass is 9.90. The van der Waals surface area contributed by atoms with Crippen molar-refractivity contribution in [3.05, 3.63) is 0 Å². The molecule has 0 radical (unpaired) electrons. The average Bonchev–Trinajstić information content (AvgIpc) is 2.32. The Kier molecular flexibility index (Phi) is 4.89. The Hall–Kier alpha value is 0.170. The Bertz CT molecular complexity index is 206. The van der Waals surface area contributed by atoms with Gasteiger partial charge in [-0.15, -0.1) is 11.6 Å². The summed E-state index contributed by atoms with van der Waals surface area (Å²) in [5.74, 6) is 0.658. The zero-order valence-corrected chi connectivity index (χ0v) is 10.6. The van der Waals surface area contributed by atoms with E-state index in [1.807, 2.05) is 6.92 Å². The maximum absolute atomic E-state index is 6.09. The minimum Gasteiger partial charge on any atom is -0.381 e. The Morgan fingerprint density at radius 3 is 2.62 bits per heavy atom. The average molecular weight is 249 g/mol. The lowest BCUT2D eigenvalue weighted by molar-refractivity contribution is -0.132. The second kappa shape index (κ2) is 6.20. The summed E-state index contributed by atoms with van der Waals surface area (Å²) in [7, 11) is 0. The molecule has 1 saturated heterocycles. The van der Waals surface area contributed by atoms with Crippen molar-refractivity contribution in [2.24, 2.45) is 5.92 Å². The fourth-order valence-corrected chi connectivity index (χ4v) is 2.68. The van der Waals surface area contributed by atoms with Crippen LogP contribution in [-0.2, 0) is 14.2 Å². The molecule has 2 fully saturated rings. The van der Waals surface area contributed by atoms with Gasteiger partial charge in [0.15, 0.2) is 0 Å². The van der Waals surface area contributed by atoms with Crippen LogP contribution < -0.4 is 0 Å². The van der Waals surface area contributed by atoms with Crippen molar-refractivity contribution >= 4 is 11.6 Å². The van der Waals surface area contributed by atoms with Crippen molar-refractivity contribution in [2.75, 3.05) is 26.4 Å². The molecule has 1 aliphatic carbocycles.